The number of fused-ring (bicyclic) bond motifs is 6. The predicted octanol–water partition coefficient (Wildman–Crippen LogP) is 15.5. The van der Waals surface area contributed by atoms with Crippen LogP contribution in [-0.2, 0) is 5.41 Å². The van der Waals surface area contributed by atoms with Gasteiger partial charge in [0, 0.05) is 36.9 Å². The topological polar surface area (TPSA) is 25.8 Å². The number of benzene rings is 9. The van der Waals surface area contributed by atoms with Crippen molar-refractivity contribution < 1.29 is 0 Å². The smallest absolute Gasteiger partial charge is 0.160 e. The van der Waals surface area contributed by atoms with Crippen LogP contribution in [0.2, 0.25) is 0 Å². The molecule has 0 saturated heterocycles. The van der Waals surface area contributed by atoms with Gasteiger partial charge in [0.15, 0.2) is 5.82 Å². The van der Waals surface area contributed by atoms with Crippen molar-refractivity contribution in [3.63, 3.8) is 0 Å². The Morgan fingerprint density at radius 2 is 0.855 bits per heavy atom. The van der Waals surface area contributed by atoms with Crippen molar-refractivity contribution in [2.45, 2.75) is 5.41 Å². The summed E-state index contributed by atoms with van der Waals surface area (Å²) in [5, 5.41) is 2.61. The summed E-state index contributed by atoms with van der Waals surface area (Å²) in [6.07, 6.45) is 0. The van der Waals surface area contributed by atoms with E-state index in [4.69, 9.17) is 9.97 Å². The number of hydrogen-bond acceptors (Lipinski definition) is 3. The first-order chi connectivity index (χ1) is 30.7. The number of aromatic nitrogens is 2. The molecule has 0 radical (unpaired) electrons. The van der Waals surface area contributed by atoms with Crippen LogP contribution in [0.1, 0.15) is 22.3 Å². The average molecular weight is 807 g/mol. The van der Waals surface area contributed by atoms with Gasteiger partial charge < -0.3 is 0 Å². The fourth-order valence-electron chi connectivity index (χ4n) is 9.88. The maximum atomic E-state index is 5.34. The Morgan fingerprint density at radius 1 is 0.323 bits per heavy atom. The van der Waals surface area contributed by atoms with Crippen LogP contribution in [0.3, 0.4) is 0 Å². The summed E-state index contributed by atoms with van der Waals surface area (Å²) in [6, 6.07) is 83.4. The third-order valence-corrected chi connectivity index (χ3v) is 13.7. The monoisotopic (exact) mass is 806 g/mol. The Bertz CT molecular complexity index is 3420. The minimum Gasteiger partial charge on any atom is -0.228 e. The molecule has 1 aliphatic carbocycles. The van der Waals surface area contributed by atoms with Gasteiger partial charge in [-0.15, -0.1) is 11.3 Å². The Labute approximate surface area is 365 Å². The molecule has 2 aromatic heterocycles. The minimum atomic E-state index is -0.510. The van der Waals surface area contributed by atoms with Crippen molar-refractivity contribution in [2.75, 3.05) is 0 Å². The molecule has 12 rings (SSSR count). The molecule has 0 spiro atoms. The zero-order valence-electron chi connectivity index (χ0n) is 33.7. The lowest BCUT2D eigenvalue weighted by Crippen LogP contribution is -2.28. The van der Waals surface area contributed by atoms with E-state index < -0.39 is 5.41 Å². The van der Waals surface area contributed by atoms with Crippen molar-refractivity contribution in [1.29, 1.82) is 0 Å². The SMILES string of the molecule is c1ccc(-c2nc(-c3cccc(-c4ccccc4-c4cccc5sc6ccccc6c45)c3)cc(-c3ccc4c(c3)C(c3ccccc3)(c3ccccc3)c3ccccc3-4)n2)cc1. The van der Waals surface area contributed by atoms with Crippen LogP contribution in [0.25, 0.3) is 87.5 Å². The van der Waals surface area contributed by atoms with E-state index in [1.54, 1.807) is 0 Å². The quantitative estimate of drug-likeness (QED) is 0.160. The van der Waals surface area contributed by atoms with Gasteiger partial charge in [0.05, 0.1) is 16.8 Å². The van der Waals surface area contributed by atoms with Crippen molar-refractivity contribution in [3.8, 4) is 67.3 Å². The molecule has 0 amide bonds. The second-order valence-corrected chi connectivity index (χ2v) is 17.1. The lowest BCUT2D eigenvalue weighted by Gasteiger charge is -2.34. The molecule has 2 heterocycles. The summed E-state index contributed by atoms with van der Waals surface area (Å²) in [6.45, 7) is 0. The second-order valence-electron chi connectivity index (χ2n) is 16.0. The van der Waals surface area contributed by atoms with Crippen molar-refractivity contribution >= 4 is 31.5 Å². The van der Waals surface area contributed by atoms with Gasteiger partial charge in [-0.1, -0.05) is 200 Å². The number of rotatable bonds is 7. The van der Waals surface area contributed by atoms with E-state index >= 15 is 0 Å². The van der Waals surface area contributed by atoms with Gasteiger partial charge in [0.2, 0.25) is 0 Å². The maximum Gasteiger partial charge on any atom is 0.160 e. The fourth-order valence-corrected chi connectivity index (χ4v) is 11.0. The van der Waals surface area contributed by atoms with Crippen molar-refractivity contribution in [3.05, 3.63) is 253 Å². The van der Waals surface area contributed by atoms with E-state index in [-0.39, 0.29) is 0 Å². The fraction of sp³-hybridized carbons (Fsp3) is 0.0169. The van der Waals surface area contributed by atoms with Crippen LogP contribution in [0, 0.1) is 0 Å². The van der Waals surface area contributed by atoms with Gasteiger partial charge in [0.1, 0.15) is 0 Å². The highest BCUT2D eigenvalue weighted by atomic mass is 32.1. The second kappa shape index (κ2) is 14.8. The highest BCUT2D eigenvalue weighted by Crippen LogP contribution is 2.56. The standard InChI is InChI=1S/C59H38N2S/c1-4-18-39(19-5-1)58-60-53(41-21-16-20-40(36-41)45-26-10-11-27-46(45)49-30-17-33-56-57(49)50-29-13-15-32-55(50)62-56)38-54(61-58)42-34-35-48-47-28-12-14-31-51(47)59(52(48)37-42,43-22-6-2-7-23-43)44-24-8-3-9-25-44/h1-38H. The Hall–Kier alpha value is -7.72. The van der Waals surface area contributed by atoms with Gasteiger partial charge in [-0.05, 0) is 86.0 Å². The van der Waals surface area contributed by atoms with Gasteiger partial charge in [-0.2, -0.15) is 0 Å². The Kier molecular flexibility index (Phi) is 8.62. The molecule has 0 atom stereocenters. The number of thiophene rings is 1. The molecule has 62 heavy (non-hydrogen) atoms. The van der Waals surface area contributed by atoms with Crippen molar-refractivity contribution in [2.24, 2.45) is 0 Å². The van der Waals surface area contributed by atoms with E-state index in [0.29, 0.717) is 5.82 Å². The molecule has 0 N–H and O–H groups in total. The van der Waals surface area contributed by atoms with E-state index in [1.807, 2.05) is 17.4 Å². The summed E-state index contributed by atoms with van der Waals surface area (Å²) in [5.74, 6) is 0.695. The first-order valence-corrected chi connectivity index (χ1v) is 22.0. The lowest BCUT2D eigenvalue weighted by molar-refractivity contribution is 0.768. The van der Waals surface area contributed by atoms with Crippen LogP contribution >= 0.6 is 11.3 Å². The van der Waals surface area contributed by atoms with E-state index in [1.165, 1.54) is 70.2 Å². The summed E-state index contributed by atoms with van der Waals surface area (Å²) in [4.78, 5) is 10.6. The average Bonchev–Trinajstić information content (AvgIpc) is 3.89. The minimum absolute atomic E-state index is 0.510. The molecule has 290 valence electrons. The largest absolute Gasteiger partial charge is 0.228 e. The maximum absolute atomic E-state index is 5.34. The molecular weight excluding hydrogens is 769 g/mol. The lowest BCUT2D eigenvalue weighted by atomic mass is 9.67. The molecule has 2 nitrogen and oxygen atoms in total. The Morgan fingerprint density at radius 3 is 1.61 bits per heavy atom. The normalized spacial score (nSPS) is 12.6. The molecule has 0 unspecified atom stereocenters. The third kappa shape index (κ3) is 5.78. The summed E-state index contributed by atoms with van der Waals surface area (Å²) in [7, 11) is 0. The van der Waals surface area contributed by atoms with Gasteiger partial charge in [-0.3, -0.25) is 0 Å². The van der Waals surface area contributed by atoms with Crippen LogP contribution in [0.4, 0.5) is 0 Å². The zero-order valence-corrected chi connectivity index (χ0v) is 34.6. The van der Waals surface area contributed by atoms with E-state index in [2.05, 4.69) is 224 Å². The molecular formula is C59H38N2S. The third-order valence-electron chi connectivity index (χ3n) is 12.6. The van der Waals surface area contributed by atoms with Crippen LogP contribution < -0.4 is 0 Å². The first-order valence-electron chi connectivity index (χ1n) is 21.1. The summed E-state index contributed by atoms with van der Waals surface area (Å²) >= 11 is 1.86. The van der Waals surface area contributed by atoms with Crippen molar-refractivity contribution in [1.82, 2.24) is 9.97 Å². The highest BCUT2D eigenvalue weighted by Gasteiger charge is 2.46. The molecule has 0 saturated carbocycles. The van der Waals surface area contributed by atoms with Gasteiger partial charge in [-0.25, -0.2) is 9.97 Å². The van der Waals surface area contributed by atoms with Gasteiger partial charge in [0.25, 0.3) is 0 Å². The molecule has 11 aromatic rings. The van der Waals surface area contributed by atoms with Crippen LogP contribution in [0.15, 0.2) is 231 Å². The van der Waals surface area contributed by atoms with Gasteiger partial charge >= 0.3 is 0 Å². The number of nitrogens with zero attached hydrogens (tertiary/aromatic N) is 2. The summed E-state index contributed by atoms with van der Waals surface area (Å²) < 4.78 is 2.61. The highest BCUT2D eigenvalue weighted by molar-refractivity contribution is 7.25. The van der Waals surface area contributed by atoms with Crippen LogP contribution in [-0.4, -0.2) is 9.97 Å². The molecule has 9 aromatic carbocycles. The predicted molar refractivity (Wildman–Crippen MR) is 259 cm³/mol. The summed E-state index contributed by atoms with van der Waals surface area (Å²) in [5.41, 5.74) is 16.6. The zero-order chi connectivity index (χ0) is 41.0. The Balaban J connectivity index is 1.04. The molecule has 0 aliphatic heterocycles. The number of hydrogen-bond donors (Lipinski definition) is 0. The van der Waals surface area contributed by atoms with E-state index in [9.17, 15) is 0 Å². The molecule has 0 fully saturated rings. The van der Waals surface area contributed by atoms with E-state index in [0.717, 1.165) is 33.6 Å². The molecule has 3 heteroatoms. The first kappa shape index (κ1) is 36.2. The molecule has 1 aliphatic rings. The van der Waals surface area contributed by atoms with Crippen LogP contribution in [0.5, 0.6) is 0 Å². The molecule has 0 bridgehead atoms.